The third-order valence-electron chi connectivity index (χ3n) is 3.62. The third-order valence-corrected chi connectivity index (χ3v) is 5.32. The lowest BCUT2D eigenvalue weighted by Gasteiger charge is -2.08. The number of halogens is 1. The van der Waals surface area contributed by atoms with E-state index in [1.807, 2.05) is 0 Å². The number of carbonyl (C=O) groups is 1. The Hall–Kier alpha value is -2.73. The van der Waals surface area contributed by atoms with Crippen LogP contribution in [-0.2, 0) is 21.4 Å². The highest BCUT2D eigenvalue weighted by atomic mass is 35.5. The number of carbonyl (C=O) groups excluding carboxylic acids is 1. The van der Waals surface area contributed by atoms with E-state index in [-0.39, 0.29) is 30.4 Å². The van der Waals surface area contributed by atoms with Crippen LogP contribution in [0.1, 0.15) is 15.9 Å². The summed E-state index contributed by atoms with van der Waals surface area (Å²) in [7, 11) is -3.72. The van der Waals surface area contributed by atoms with Crippen LogP contribution >= 0.6 is 11.6 Å². The number of fused-ring (bicyclic) bond motifs is 1. The van der Waals surface area contributed by atoms with Crippen molar-refractivity contribution in [3.8, 4) is 23.8 Å². The molecule has 0 aromatic heterocycles. The summed E-state index contributed by atoms with van der Waals surface area (Å²) in [6.45, 7) is -0.0626. The Morgan fingerprint density at radius 3 is 2.70 bits per heavy atom. The quantitative estimate of drug-likeness (QED) is 0.583. The monoisotopic (exact) mass is 407 g/mol. The number of hydrogen-bond donors (Lipinski definition) is 1. The Morgan fingerprint density at radius 2 is 2.00 bits per heavy atom. The van der Waals surface area contributed by atoms with Gasteiger partial charge >= 0.3 is 5.97 Å². The van der Waals surface area contributed by atoms with Crippen molar-refractivity contribution in [2.45, 2.75) is 11.5 Å². The zero-order chi connectivity index (χ0) is 19.4. The Kier molecular flexibility index (Phi) is 5.56. The molecule has 0 bridgehead atoms. The van der Waals surface area contributed by atoms with Crippen LogP contribution < -0.4 is 14.2 Å². The first-order valence-electron chi connectivity index (χ1n) is 7.69. The molecule has 2 aromatic carbocycles. The molecule has 1 N–H and O–H groups in total. The first-order chi connectivity index (χ1) is 12.9. The van der Waals surface area contributed by atoms with Gasteiger partial charge in [0, 0.05) is 0 Å². The maximum Gasteiger partial charge on any atom is 0.338 e. The normalized spacial score (nSPS) is 12.4. The lowest BCUT2D eigenvalue weighted by Crippen LogP contribution is -2.23. The van der Waals surface area contributed by atoms with Crippen LogP contribution in [0.3, 0.4) is 0 Å². The fourth-order valence-electron chi connectivity index (χ4n) is 2.33. The predicted octanol–water partition coefficient (Wildman–Crippen LogP) is 2.34. The average molecular weight is 408 g/mol. The molecule has 0 saturated carbocycles. The first kappa shape index (κ1) is 19.0. The highest BCUT2D eigenvalue weighted by Gasteiger charge is 2.19. The molecule has 1 aliphatic rings. The van der Waals surface area contributed by atoms with Gasteiger partial charge in [-0.1, -0.05) is 17.5 Å². The molecule has 0 radical (unpaired) electrons. The second-order valence-electron chi connectivity index (χ2n) is 5.44. The van der Waals surface area contributed by atoms with Crippen LogP contribution in [0.2, 0.25) is 5.02 Å². The number of hydrogen-bond acceptors (Lipinski definition) is 6. The summed E-state index contributed by atoms with van der Waals surface area (Å²) in [5.41, 5.74) is 0.841. The molecule has 0 aliphatic carbocycles. The summed E-state index contributed by atoms with van der Waals surface area (Å²) in [6.07, 6.45) is 5.04. The predicted molar refractivity (Wildman–Crippen MR) is 97.2 cm³/mol. The number of benzene rings is 2. The molecule has 0 fully saturated rings. The molecule has 0 atom stereocenters. The number of esters is 1. The standard InChI is InChI=1S/C18H14ClNO6S/c1-2-7-20-27(22,23)14-5-3-13(4-6-14)18(21)24-10-12-8-15(19)17-16(9-12)25-11-26-17/h1,3-6,8-9,20H,7,10-11H2. The number of sulfonamides is 1. The molecule has 1 aliphatic heterocycles. The molecule has 1 heterocycles. The van der Waals surface area contributed by atoms with Crippen molar-refractivity contribution < 1.29 is 27.4 Å². The minimum absolute atomic E-state index is 0.00291. The maximum absolute atomic E-state index is 12.2. The average Bonchev–Trinajstić information content (AvgIpc) is 3.14. The molecule has 0 amide bonds. The lowest BCUT2D eigenvalue weighted by atomic mass is 10.2. The highest BCUT2D eigenvalue weighted by Crippen LogP contribution is 2.39. The van der Waals surface area contributed by atoms with Crippen molar-refractivity contribution >= 4 is 27.6 Å². The summed E-state index contributed by atoms with van der Waals surface area (Å²) < 4.78 is 41.8. The Labute approximate surface area is 161 Å². The second kappa shape index (κ2) is 7.88. The van der Waals surface area contributed by atoms with Gasteiger partial charge in [-0.05, 0) is 42.0 Å². The lowest BCUT2D eigenvalue weighted by molar-refractivity contribution is 0.0472. The molecular formula is C18H14ClNO6S. The first-order valence-corrected chi connectivity index (χ1v) is 9.55. The summed E-state index contributed by atoms with van der Waals surface area (Å²) in [5, 5.41) is 0.366. The van der Waals surface area contributed by atoms with E-state index in [1.165, 1.54) is 24.3 Å². The fraction of sp³-hybridized carbons (Fsp3) is 0.167. The van der Waals surface area contributed by atoms with Gasteiger partial charge < -0.3 is 14.2 Å². The fourth-order valence-corrected chi connectivity index (χ4v) is 3.55. The van der Waals surface area contributed by atoms with Gasteiger partial charge in [0.2, 0.25) is 16.8 Å². The molecular weight excluding hydrogens is 394 g/mol. The van der Waals surface area contributed by atoms with Crippen LogP contribution in [0.5, 0.6) is 11.5 Å². The maximum atomic E-state index is 12.2. The number of ether oxygens (including phenoxy) is 3. The largest absolute Gasteiger partial charge is 0.457 e. The van der Waals surface area contributed by atoms with E-state index < -0.39 is 16.0 Å². The smallest absolute Gasteiger partial charge is 0.338 e. The van der Waals surface area contributed by atoms with E-state index in [2.05, 4.69) is 10.6 Å². The van der Waals surface area contributed by atoms with Crippen molar-refractivity contribution in [1.29, 1.82) is 0 Å². The molecule has 0 unspecified atom stereocenters. The van der Waals surface area contributed by atoms with Gasteiger partial charge in [-0.3, -0.25) is 0 Å². The molecule has 7 nitrogen and oxygen atoms in total. The second-order valence-corrected chi connectivity index (χ2v) is 7.61. The molecule has 27 heavy (non-hydrogen) atoms. The molecule has 9 heteroatoms. The molecule has 2 aromatic rings. The van der Waals surface area contributed by atoms with Gasteiger partial charge in [0.25, 0.3) is 0 Å². The van der Waals surface area contributed by atoms with Crippen molar-refractivity contribution in [2.75, 3.05) is 13.3 Å². The summed E-state index contributed by atoms with van der Waals surface area (Å²) in [4.78, 5) is 12.2. The van der Waals surface area contributed by atoms with Crippen molar-refractivity contribution in [2.24, 2.45) is 0 Å². The van der Waals surface area contributed by atoms with Crippen LogP contribution in [0.4, 0.5) is 0 Å². The Bertz CT molecular complexity index is 1010. The summed E-state index contributed by atoms with van der Waals surface area (Å²) in [6, 6.07) is 8.61. The summed E-state index contributed by atoms with van der Waals surface area (Å²) >= 11 is 6.08. The van der Waals surface area contributed by atoms with E-state index in [0.29, 0.717) is 22.1 Å². The minimum atomic E-state index is -3.72. The van der Waals surface area contributed by atoms with Gasteiger partial charge in [-0.25, -0.2) is 13.2 Å². The van der Waals surface area contributed by atoms with E-state index in [0.717, 1.165) is 0 Å². The Balaban J connectivity index is 1.65. The molecule has 0 spiro atoms. The molecule has 0 saturated heterocycles. The molecule has 140 valence electrons. The third kappa shape index (κ3) is 4.34. The zero-order valence-corrected chi connectivity index (χ0v) is 15.5. The van der Waals surface area contributed by atoms with Gasteiger partial charge in [0.15, 0.2) is 11.5 Å². The van der Waals surface area contributed by atoms with Crippen molar-refractivity contribution in [3.63, 3.8) is 0 Å². The topological polar surface area (TPSA) is 90.9 Å². The van der Waals surface area contributed by atoms with E-state index in [1.54, 1.807) is 12.1 Å². The number of rotatable bonds is 6. The van der Waals surface area contributed by atoms with Crippen molar-refractivity contribution in [1.82, 2.24) is 4.72 Å². The van der Waals surface area contributed by atoms with E-state index >= 15 is 0 Å². The van der Waals surface area contributed by atoms with Crippen LogP contribution in [-0.4, -0.2) is 27.7 Å². The Morgan fingerprint density at radius 1 is 1.26 bits per heavy atom. The number of terminal acetylenes is 1. The molecule has 3 rings (SSSR count). The minimum Gasteiger partial charge on any atom is -0.457 e. The number of nitrogens with one attached hydrogen (secondary N) is 1. The van der Waals surface area contributed by atoms with Gasteiger partial charge in [-0.15, -0.1) is 6.42 Å². The van der Waals surface area contributed by atoms with Crippen LogP contribution in [0.15, 0.2) is 41.3 Å². The van der Waals surface area contributed by atoms with Gasteiger partial charge in [0.1, 0.15) is 6.61 Å². The van der Waals surface area contributed by atoms with Crippen LogP contribution in [0.25, 0.3) is 0 Å². The highest BCUT2D eigenvalue weighted by molar-refractivity contribution is 7.89. The van der Waals surface area contributed by atoms with Gasteiger partial charge in [0.05, 0.1) is 22.0 Å². The van der Waals surface area contributed by atoms with E-state index in [9.17, 15) is 13.2 Å². The van der Waals surface area contributed by atoms with E-state index in [4.69, 9.17) is 32.2 Å². The summed E-state index contributed by atoms with van der Waals surface area (Å²) in [5.74, 6) is 2.53. The SMILES string of the molecule is C#CCNS(=O)(=O)c1ccc(C(=O)OCc2cc(Cl)c3c(c2)OCO3)cc1. The zero-order valence-electron chi connectivity index (χ0n) is 13.9. The van der Waals surface area contributed by atoms with Gasteiger partial charge in [-0.2, -0.15) is 4.72 Å². The van der Waals surface area contributed by atoms with Crippen molar-refractivity contribution in [3.05, 3.63) is 52.5 Å². The van der Waals surface area contributed by atoms with Crippen LogP contribution in [0, 0.1) is 12.3 Å².